The number of anilines is 1. The zero-order valence-corrected chi connectivity index (χ0v) is 10.7. The molecule has 0 fully saturated rings. The molecule has 2 rings (SSSR count). The Balaban J connectivity index is 1.63. The van der Waals surface area contributed by atoms with E-state index in [1.165, 1.54) is 0 Å². The second-order valence-electron chi connectivity index (χ2n) is 3.80. The van der Waals surface area contributed by atoms with Gasteiger partial charge >= 0.3 is 0 Å². The standard InChI is InChI=1S/C13H15N3OS/c17-13(8-15-11-4-2-1-3-5-11)14-7-6-12-9-18-10-16-12/h1-5,9-10,15H,6-8H2,(H,14,17). The first-order chi connectivity index (χ1) is 8.84. The maximum absolute atomic E-state index is 11.6. The molecule has 0 spiro atoms. The fourth-order valence-electron chi connectivity index (χ4n) is 1.49. The normalized spacial score (nSPS) is 10.0. The topological polar surface area (TPSA) is 54.0 Å². The molecule has 18 heavy (non-hydrogen) atoms. The van der Waals surface area contributed by atoms with Crippen LogP contribution in [0.2, 0.25) is 0 Å². The lowest BCUT2D eigenvalue weighted by Crippen LogP contribution is -2.31. The molecule has 1 aromatic carbocycles. The fourth-order valence-corrected chi connectivity index (χ4v) is 2.08. The average molecular weight is 261 g/mol. The molecule has 0 atom stereocenters. The van der Waals surface area contributed by atoms with E-state index >= 15 is 0 Å². The van der Waals surface area contributed by atoms with Gasteiger partial charge in [-0.15, -0.1) is 11.3 Å². The Bertz CT molecular complexity index is 470. The number of carbonyl (C=O) groups excluding carboxylic acids is 1. The highest BCUT2D eigenvalue weighted by Gasteiger charge is 2.01. The highest BCUT2D eigenvalue weighted by atomic mass is 32.1. The molecule has 1 heterocycles. The van der Waals surface area contributed by atoms with Crippen LogP contribution in [-0.2, 0) is 11.2 Å². The zero-order chi connectivity index (χ0) is 12.6. The van der Waals surface area contributed by atoms with Crippen LogP contribution in [0.25, 0.3) is 0 Å². The minimum absolute atomic E-state index is 0.00548. The van der Waals surface area contributed by atoms with Crippen LogP contribution in [0, 0.1) is 0 Å². The lowest BCUT2D eigenvalue weighted by atomic mass is 10.3. The van der Waals surface area contributed by atoms with E-state index in [0.29, 0.717) is 13.1 Å². The van der Waals surface area contributed by atoms with Crippen molar-refractivity contribution in [1.29, 1.82) is 0 Å². The fraction of sp³-hybridized carbons (Fsp3) is 0.231. The van der Waals surface area contributed by atoms with Crippen molar-refractivity contribution < 1.29 is 4.79 Å². The molecular weight excluding hydrogens is 246 g/mol. The molecule has 0 aliphatic carbocycles. The van der Waals surface area contributed by atoms with Crippen LogP contribution in [0.3, 0.4) is 0 Å². The number of nitrogens with zero attached hydrogens (tertiary/aromatic N) is 1. The number of nitrogens with one attached hydrogen (secondary N) is 2. The van der Waals surface area contributed by atoms with Crippen molar-refractivity contribution in [2.45, 2.75) is 6.42 Å². The van der Waals surface area contributed by atoms with E-state index in [9.17, 15) is 4.79 Å². The SMILES string of the molecule is O=C(CNc1ccccc1)NCCc1cscn1. The van der Waals surface area contributed by atoms with Crippen LogP contribution in [0.15, 0.2) is 41.2 Å². The summed E-state index contributed by atoms with van der Waals surface area (Å²) in [5.74, 6) is -0.00548. The summed E-state index contributed by atoms with van der Waals surface area (Å²) >= 11 is 1.57. The van der Waals surface area contributed by atoms with Crippen molar-refractivity contribution in [2.24, 2.45) is 0 Å². The summed E-state index contributed by atoms with van der Waals surface area (Å²) in [4.78, 5) is 15.7. The second kappa shape index (κ2) is 6.76. The molecule has 0 radical (unpaired) electrons. The molecule has 5 heteroatoms. The smallest absolute Gasteiger partial charge is 0.239 e. The Morgan fingerprint density at radius 2 is 2.11 bits per heavy atom. The number of amides is 1. The maximum Gasteiger partial charge on any atom is 0.239 e. The number of carbonyl (C=O) groups is 1. The molecule has 2 aromatic rings. The van der Waals surface area contributed by atoms with Crippen molar-refractivity contribution >= 4 is 22.9 Å². The number of para-hydroxylation sites is 1. The summed E-state index contributed by atoms with van der Waals surface area (Å²) in [6, 6.07) is 9.68. The van der Waals surface area contributed by atoms with E-state index in [2.05, 4.69) is 15.6 Å². The van der Waals surface area contributed by atoms with Gasteiger partial charge in [-0.25, -0.2) is 4.98 Å². The Hall–Kier alpha value is -1.88. The largest absolute Gasteiger partial charge is 0.376 e. The van der Waals surface area contributed by atoms with Gasteiger partial charge in [0.25, 0.3) is 0 Å². The van der Waals surface area contributed by atoms with Crippen LogP contribution < -0.4 is 10.6 Å². The molecule has 0 unspecified atom stereocenters. The van der Waals surface area contributed by atoms with Crippen LogP contribution in [0.1, 0.15) is 5.69 Å². The second-order valence-corrected chi connectivity index (χ2v) is 4.52. The first-order valence-electron chi connectivity index (χ1n) is 5.77. The summed E-state index contributed by atoms with van der Waals surface area (Å²) in [7, 11) is 0. The number of rotatable bonds is 6. The molecule has 0 bridgehead atoms. The molecule has 0 aliphatic heterocycles. The van der Waals surface area contributed by atoms with Gasteiger partial charge in [-0.1, -0.05) is 18.2 Å². The van der Waals surface area contributed by atoms with E-state index in [1.807, 2.05) is 35.7 Å². The van der Waals surface area contributed by atoms with Crippen LogP contribution in [0.5, 0.6) is 0 Å². The number of hydrogen-bond acceptors (Lipinski definition) is 4. The Morgan fingerprint density at radius 3 is 2.83 bits per heavy atom. The van der Waals surface area contributed by atoms with Crippen molar-refractivity contribution in [3.8, 4) is 0 Å². The van der Waals surface area contributed by atoms with Gasteiger partial charge in [0.2, 0.25) is 5.91 Å². The monoisotopic (exact) mass is 261 g/mol. The summed E-state index contributed by atoms with van der Waals surface area (Å²) in [5.41, 5.74) is 3.78. The molecule has 0 aliphatic rings. The summed E-state index contributed by atoms with van der Waals surface area (Å²) in [6.07, 6.45) is 0.778. The molecule has 1 aromatic heterocycles. The highest BCUT2D eigenvalue weighted by Crippen LogP contribution is 2.03. The first kappa shape index (κ1) is 12.6. The number of thiazole rings is 1. The van der Waals surface area contributed by atoms with Crippen molar-refractivity contribution in [3.05, 3.63) is 46.9 Å². The van der Waals surface area contributed by atoms with Crippen LogP contribution in [0.4, 0.5) is 5.69 Å². The van der Waals surface area contributed by atoms with Crippen molar-refractivity contribution in [2.75, 3.05) is 18.4 Å². The lowest BCUT2D eigenvalue weighted by molar-refractivity contribution is -0.119. The Labute approximate surface area is 110 Å². The van der Waals surface area contributed by atoms with E-state index in [0.717, 1.165) is 17.8 Å². The van der Waals surface area contributed by atoms with Crippen molar-refractivity contribution in [3.63, 3.8) is 0 Å². The number of benzene rings is 1. The van der Waals surface area contributed by atoms with E-state index in [1.54, 1.807) is 16.8 Å². The van der Waals surface area contributed by atoms with Gasteiger partial charge in [0.15, 0.2) is 0 Å². The van der Waals surface area contributed by atoms with Gasteiger partial charge in [0, 0.05) is 24.0 Å². The van der Waals surface area contributed by atoms with E-state index in [-0.39, 0.29) is 5.91 Å². The Kier molecular flexibility index (Phi) is 4.72. The maximum atomic E-state index is 11.6. The third kappa shape index (κ3) is 4.18. The first-order valence-corrected chi connectivity index (χ1v) is 6.71. The van der Waals surface area contributed by atoms with Gasteiger partial charge < -0.3 is 10.6 Å². The van der Waals surface area contributed by atoms with Gasteiger partial charge in [0.05, 0.1) is 17.7 Å². The van der Waals surface area contributed by atoms with Crippen LogP contribution >= 0.6 is 11.3 Å². The van der Waals surface area contributed by atoms with Crippen molar-refractivity contribution in [1.82, 2.24) is 10.3 Å². The number of aromatic nitrogens is 1. The predicted octanol–water partition coefficient (Wildman–Crippen LogP) is 1.91. The summed E-state index contributed by atoms with van der Waals surface area (Å²) in [6.45, 7) is 0.917. The van der Waals surface area contributed by atoms with E-state index in [4.69, 9.17) is 0 Å². The summed E-state index contributed by atoms with van der Waals surface area (Å²) < 4.78 is 0. The molecular formula is C13H15N3OS. The van der Waals surface area contributed by atoms with Crippen LogP contribution in [-0.4, -0.2) is 24.0 Å². The van der Waals surface area contributed by atoms with Gasteiger partial charge in [-0.3, -0.25) is 4.79 Å². The lowest BCUT2D eigenvalue weighted by Gasteiger charge is -2.06. The molecule has 0 saturated carbocycles. The highest BCUT2D eigenvalue weighted by molar-refractivity contribution is 7.07. The molecule has 2 N–H and O–H groups in total. The number of hydrogen-bond donors (Lipinski definition) is 2. The van der Waals surface area contributed by atoms with Gasteiger partial charge in [-0.05, 0) is 12.1 Å². The summed E-state index contributed by atoms with van der Waals surface area (Å²) in [5, 5.41) is 7.91. The molecule has 1 amide bonds. The minimum atomic E-state index is -0.00548. The molecule has 4 nitrogen and oxygen atoms in total. The quantitative estimate of drug-likeness (QED) is 0.835. The van der Waals surface area contributed by atoms with Gasteiger partial charge in [0.1, 0.15) is 0 Å². The average Bonchev–Trinajstić information content (AvgIpc) is 2.91. The third-order valence-corrected chi connectivity index (χ3v) is 3.05. The molecule has 0 saturated heterocycles. The minimum Gasteiger partial charge on any atom is -0.376 e. The third-order valence-electron chi connectivity index (χ3n) is 2.41. The van der Waals surface area contributed by atoms with E-state index < -0.39 is 0 Å². The zero-order valence-electron chi connectivity index (χ0n) is 9.93. The van der Waals surface area contributed by atoms with Gasteiger partial charge in [-0.2, -0.15) is 0 Å². The Morgan fingerprint density at radius 1 is 1.28 bits per heavy atom. The predicted molar refractivity (Wildman–Crippen MR) is 73.8 cm³/mol. The molecule has 94 valence electrons.